The molecule has 0 saturated carbocycles. The van der Waals surface area contributed by atoms with Gasteiger partial charge in [0.15, 0.2) is 0 Å². The van der Waals surface area contributed by atoms with E-state index in [9.17, 15) is 0 Å². The first-order valence-electron chi connectivity index (χ1n) is 6.55. The number of fused-ring (bicyclic) bond motifs is 1. The van der Waals surface area contributed by atoms with E-state index in [-0.39, 0.29) is 0 Å². The summed E-state index contributed by atoms with van der Waals surface area (Å²) in [6, 6.07) is 7.54. The van der Waals surface area contributed by atoms with Gasteiger partial charge in [-0.15, -0.1) is 0 Å². The van der Waals surface area contributed by atoms with Gasteiger partial charge in [0.1, 0.15) is 0 Å². The molecular weight excluding hydrogens is 276 g/mol. The van der Waals surface area contributed by atoms with E-state index in [0.29, 0.717) is 0 Å². The third-order valence-electron chi connectivity index (χ3n) is 4.04. The summed E-state index contributed by atoms with van der Waals surface area (Å²) in [5.74, 6) is 0. The van der Waals surface area contributed by atoms with Crippen LogP contribution in [-0.4, -0.2) is 37.1 Å². The third kappa shape index (κ3) is 2.56. The fourth-order valence-electron chi connectivity index (χ4n) is 3.06. The number of hydrogen-bond acceptors (Lipinski definition) is 2. The molecule has 1 atom stereocenters. The summed E-state index contributed by atoms with van der Waals surface area (Å²) < 4.78 is 1.22. The Balaban J connectivity index is 1.73. The molecule has 1 saturated heterocycles. The second-order valence-corrected chi connectivity index (χ2v) is 6.01. The average Bonchev–Trinajstić information content (AvgIpc) is 2.39. The summed E-state index contributed by atoms with van der Waals surface area (Å²) in [6.07, 6.45) is 3.80. The van der Waals surface area contributed by atoms with Crippen LogP contribution in [0.25, 0.3) is 0 Å². The predicted octanol–water partition coefficient (Wildman–Crippen LogP) is 2.21. The summed E-state index contributed by atoms with van der Waals surface area (Å²) in [7, 11) is 0. The largest absolute Gasteiger partial charge is 0.314 e. The number of nitrogens with one attached hydrogen (secondary N) is 1. The summed E-state index contributed by atoms with van der Waals surface area (Å²) in [5.41, 5.74) is 3.11. The lowest BCUT2D eigenvalue weighted by Crippen LogP contribution is -2.50. The Morgan fingerprint density at radius 2 is 2.00 bits per heavy atom. The number of halogens is 1. The molecule has 1 fully saturated rings. The zero-order valence-electron chi connectivity index (χ0n) is 10.1. The molecule has 3 heteroatoms. The maximum Gasteiger partial charge on any atom is 0.0178 e. The molecule has 1 aliphatic heterocycles. The second-order valence-electron chi connectivity index (χ2n) is 5.10. The first kappa shape index (κ1) is 11.7. The molecule has 1 N–H and O–H groups in total. The van der Waals surface area contributed by atoms with E-state index in [1.54, 1.807) is 11.1 Å². The molecule has 0 aromatic heterocycles. The first-order chi connectivity index (χ1) is 8.33. The van der Waals surface area contributed by atoms with Crippen LogP contribution in [0.15, 0.2) is 22.7 Å². The van der Waals surface area contributed by atoms with Gasteiger partial charge in [-0.2, -0.15) is 0 Å². The van der Waals surface area contributed by atoms with E-state index in [0.717, 1.165) is 19.1 Å². The molecule has 0 amide bonds. The molecule has 0 bridgehead atoms. The zero-order chi connectivity index (χ0) is 11.7. The molecule has 1 heterocycles. The van der Waals surface area contributed by atoms with E-state index >= 15 is 0 Å². The molecule has 92 valence electrons. The van der Waals surface area contributed by atoms with E-state index in [2.05, 4.69) is 44.3 Å². The average molecular weight is 295 g/mol. The molecule has 1 aromatic carbocycles. The van der Waals surface area contributed by atoms with Gasteiger partial charge >= 0.3 is 0 Å². The van der Waals surface area contributed by atoms with Crippen molar-refractivity contribution in [3.8, 4) is 0 Å². The minimum atomic E-state index is 0.769. The van der Waals surface area contributed by atoms with E-state index in [4.69, 9.17) is 0 Å². The third-order valence-corrected chi connectivity index (χ3v) is 4.53. The lowest BCUT2D eigenvalue weighted by molar-refractivity contribution is 0.159. The first-order valence-corrected chi connectivity index (χ1v) is 7.34. The van der Waals surface area contributed by atoms with Crippen LogP contribution in [-0.2, 0) is 12.8 Å². The van der Waals surface area contributed by atoms with Crippen LogP contribution in [0.3, 0.4) is 0 Å². The lowest BCUT2D eigenvalue weighted by Gasteiger charge is -2.37. The Labute approximate surface area is 112 Å². The molecule has 0 spiro atoms. The lowest BCUT2D eigenvalue weighted by atomic mass is 9.87. The van der Waals surface area contributed by atoms with Crippen LogP contribution >= 0.6 is 15.9 Å². The van der Waals surface area contributed by atoms with Gasteiger partial charge in [-0.1, -0.05) is 22.0 Å². The summed E-state index contributed by atoms with van der Waals surface area (Å²) in [6.45, 7) is 4.75. The quantitative estimate of drug-likeness (QED) is 0.854. The highest BCUT2D eigenvalue weighted by molar-refractivity contribution is 9.10. The van der Waals surface area contributed by atoms with Crippen molar-refractivity contribution in [2.75, 3.05) is 26.2 Å². The highest BCUT2D eigenvalue weighted by Gasteiger charge is 2.25. The van der Waals surface area contributed by atoms with Crippen molar-refractivity contribution in [2.45, 2.75) is 25.3 Å². The van der Waals surface area contributed by atoms with Gasteiger partial charge in [-0.05, 0) is 42.5 Å². The summed E-state index contributed by atoms with van der Waals surface area (Å²) >= 11 is 3.56. The number of aryl methyl sites for hydroxylation is 1. The topological polar surface area (TPSA) is 15.3 Å². The number of piperazine rings is 1. The Morgan fingerprint density at radius 3 is 2.82 bits per heavy atom. The highest BCUT2D eigenvalue weighted by atomic mass is 79.9. The van der Waals surface area contributed by atoms with Crippen LogP contribution in [0.5, 0.6) is 0 Å². The number of hydrogen-bond donors (Lipinski definition) is 1. The van der Waals surface area contributed by atoms with E-state index in [1.807, 2.05) is 0 Å². The zero-order valence-corrected chi connectivity index (χ0v) is 11.7. The van der Waals surface area contributed by atoms with Crippen LogP contribution in [0.2, 0.25) is 0 Å². The smallest absolute Gasteiger partial charge is 0.0178 e. The Bertz CT molecular complexity index is 399. The van der Waals surface area contributed by atoms with Crippen molar-refractivity contribution >= 4 is 15.9 Å². The van der Waals surface area contributed by atoms with Crippen LogP contribution in [0, 0.1) is 0 Å². The second kappa shape index (κ2) is 5.09. The van der Waals surface area contributed by atoms with Crippen LogP contribution in [0.4, 0.5) is 0 Å². The molecule has 3 rings (SSSR count). The molecule has 1 aliphatic carbocycles. The Morgan fingerprint density at radius 1 is 1.18 bits per heavy atom. The van der Waals surface area contributed by atoms with Crippen molar-refractivity contribution < 1.29 is 0 Å². The normalized spacial score (nSPS) is 25.6. The van der Waals surface area contributed by atoms with Crippen molar-refractivity contribution in [2.24, 2.45) is 0 Å². The van der Waals surface area contributed by atoms with Gasteiger partial charge in [-0.25, -0.2) is 0 Å². The molecule has 1 unspecified atom stereocenters. The van der Waals surface area contributed by atoms with Crippen molar-refractivity contribution in [1.29, 1.82) is 0 Å². The van der Waals surface area contributed by atoms with Gasteiger partial charge in [0.2, 0.25) is 0 Å². The van der Waals surface area contributed by atoms with Gasteiger partial charge < -0.3 is 5.32 Å². The minimum absolute atomic E-state index is 0.769. The van der Waals surface area contributed by atoms with Crippen molar-refractivity contribution in [3.05, 3.63) is 33.8 Å². The standard InChI is InChI=1S/C14H19BrN2/c15-13-3-1-12-10-14(4-2-11(12)9-13)17-7-5-16-6-8-17/h1,3,9,14,16H,2,4-8,10H2. The monoisotopic (exact) mass is 294 g/mol. The number of nitrogens with zero attached hydrogens (tertiary/aromatic N) is 1. The van der Waals surface area contributed by atoms with Crippen LogP contribution in [0.1, 0.15) is 17.5 Å². The predicted molar refractivity (Wildman–Crippen MR) is 74.4 cm³/mol. The Kier molecular flexibility index (Phi) is 3.50. The van der Waals surface area contributed by atoms with Crippen LogP contribution < -0.4 is 5.32 Å². The van der Waals surface area contributed by atoms with Gasteiger partial charge in [0.05, 0.1) is 0 Å². The van der Waals surface area contributed by atoms with Gasteiger partial charge in [-0.3, -0.25) is 4.90 Å². The molecule has 1 aromatic rings. The summed E-state index contributed by atoms with van der Waals surface area (Å²) in [4.78, 5) is 2.67. The highest BCUT2D eigenvalue weighted by Crippen LogP contribution is 2.27. The molecule has 2 aliphatic rings. The van der Waals surface area contributed by atoms with Gasteiger partial charge in [0.25, 0.3) is 0 Å². The van der Waals surface area contributed by atoms with Crippen molar-refractivity contribution in [1.82, 2.24) is 10.2 Å². The molecule has 17 heavy (non-hydrogen) atoms. The SMILES string of the molecule is Brc1ccc2c(c1)CCC(N1CCNCC1)C2. The molecule has 2 nitrogen and oxygen atoms in total. The number of benzene rings is 1. The van der Waals surface area contributed by atoms with Crippen molar-refractivity contribution in [3.63, 3.8) is 0 Å². The fourth-order valence-corrected chi connectivity index (χ4v) is 3.47. The fraction of sp³-hybridized carbons (Fsp3) is 0.571. The minimum Gasteiger partial charge on any atom is -0.314 e. The maximum absolute atomic E-state index is 3.56. The maximum atomic E-state index is 3.56. The number of rotatable bonds is 1. The molecule has 0 radical (unpaired) electrons. The van der Waals surface area contributed by atoms with Gasteiger partial charge in [0, 0.05) is 36.7 Å². The van der Waals surface area contributed by atoms with E-state index < -0.39 is 0 Å². The summed E-state index contributed by atoms with van der Waals surface area (Å²) in [5, 5.41) is 3.43. The molecular formula is C14H19BrN2. The Hall–Kier alpha value is -0.380. The van der Waals surface area contributed by atoms with E-state index in [1.165, 1.54) is 36.8 Å².